The average molecular weight is 509 g/mol. The molecule has 1 saturated heterocycles. The third-order valence-corrected chi connectivity index (χ3v) is 8.01. The van der Waals surface area contributed by atoms with Crippen LogP contribution in [0.25, 0.3) is 0 Å². The molecule has 9 nitrogen and oxygen atoms in total. The highest BCUT2D eigenvalue weighted by molar-refractivity contribution is 6.45. The van der Waals surface area contributed by atoms with Crippen LogP contribution in [0.3, 0.4) is 0 Å². The maximum absolute atomic E-state index is 13.9. The predicted octanol–water partition coefficient (Wildman–Crippen LogP) is 4.21. The van der Waals surface area contributed by atoms with Crippen LogP contribution in [-0.4, -0.2) is 70.4 Å². The van der Waals surface area contributed by atoms with E-state index in [4.69, 9.17) is 14.4 Å². The lowest BCUT2D eigenvalue weighted by molar-refractivity contribution is -0.155. The molecule has 1 aliphatic carbocycles. The Labute approximate surface area is 217 Å². The molecule has 36 heavy (non-hydrogen) atoms. The number of carbonyl (C=O) groups excluding carboxylic acids is 2. The number of carboxylic acid groups (broad SMARTS) is 1. The maximum Gasteiger partial charge on any atom is 0.457 e. The van der Waals surface area contributed by atoms with Gasteiger partial charge in [-0.25, -0.2) is 4.79 Å². The fourth-order valence-corrected chi connectivity index (χ4v) is 5.24. The number of amides is 3. The van der Waals surface area contributed by atoms with E-state index >= 15 is 0 Å². The quantitative estimate of drug-likeness (QED) is 0.284. The Morgan fingerprint density at radius 2 is 1.61 bits per heavy atom. The smallest absolute Gasteiger partial charge is 0.457 e. The molecule has 1 saturated carbocycles. The highest BCUT2D eigenvalue weighted by atomic mass is 16.7. The zero-order valence-corrected chi connectivity index (χ0v) is 23.8. The first kappa shape index (κ1) is 30.4. The summed E-state index contributed by atoms with van der Waals surface area (Å²) in [6.07, 6.45) is 3.69. The summed E-state index contributed by atoms with van der Waals surface area (Å²) < 4.78 is 12.3. The molecule has 1 heterocycles. The van der Waals surface area contributed by atoms with Crippen molar-refractivity contribution in [3.05, 3.63) is 0 Å². The molecule has 206 valence electrons. The monoisotopic (exact) mass is 509 g/mol. The molecule has 1 aliphatic heterocycles. The van der Waals surface area contributed by atoms with Gasteiger partial charge in [-0.3, -0.25) is 9.59 Å². The van der Waals surface area contributed by atoms with Gasteiger partial charge >= 0.3 is 13.2 Å². The van der Waals surface area contributed by atoms with Crippen LogP contribution in [0.1, 0.15) is 100 Å². The van der Waals surface area contributed by atoms with Gasteiger partial charge in [0.2, 0.25) is 11.8 Å². The molecule has 1 atom stereocenters. The molecule has 0 bridgehead atoms. The SMILES string of the molecule is CCCC(=O)N(C)[C@](CCCCB1OC(C)(C)C(C)(C)O1)(C(=O)NC(C)(C)C)[C@H]1C[C@H](NC(=O)O)C1. The number of nitrogens with zero attached hydrogens (tertiary/aromatic N) is 1. The van der Waals surface area contributed by atoms with Crippen molar-refractivity contribution < 1.29 is 28.8 Å². The Bertz CT molecular complexity index is 790. The fraction of sp³-hybridized carbons (Fsp3) is 0.885. The summed E-state index contributed by atoms with van der Waals surface area (Å²) >= 11 is 0. The maximum atomic E-state index is 13.9. The minimum Gasteiger partial charge on any atom is -0.465 e. The fourth-order valence-electron chi connectivity index (χ4n) is 5.24. The van der Waals surface area contributed by atoms with E-state index in [1.165, 1.54) is 0 Å². The normalized spacial score (nSPS) is 24.4. The number of hydrogen-bond acceptors (Lipinski definition) is 5. The molecule has 2 fully saturated rings. The van der Waals surface area contributed by atoms with Gasteiger partial charge in [-0.05, 0) is 86.4 Å². The molecule has 0 unspecified atom stereocenters. The standard InChI is InChI=1S/C26H48BN3O6/c1-10-13-20(31)30(9)26(21(32)29-23(2,3)4,18-16-19(17-18)28-22(33)34)14-11-12-15-27-35-24(5,6)25(7,8)36-27/h18-19,28H,10-17H2,1-9H3,(H,29,32)(H,33,34)/t18-,19-,26-/m0/s1. The van der Waals surface area contributed by atoms with E-state index in [0.29, 0.717) is 44.8 Å². The third-order valence-electron chi connectivity index (χ3n) is 8.01. The molecule has 10 heteroatoms. The van der Waals surface area contributed by atoms with Crippen LogP contribution in [0.2, 0.25) is 6.32 Å². The molecule has 0 radical (unpaired) electrons. The van der Waals surface area contributed by atoms with Crippen molar-refractivity contribution in [1.29, 1.82) is 0 Å². The average Bonchev–Trinajstić information content (AvgIpc) is 2.89. The van der Waals surface area contributed by atoms with Crippen molar-refractivity contribution in [3.8, 4) is 0 Å². The zero-order valence-electron chi connectivity index (χ0n) is 23.8. The van der Waals surface area contributed by atoms with Crippen molar-refractivity contribution in [1.82, 2.24) is 15.5 Å². The van der Waals surface area contributed by atoms with Gasteiger partial charge in [0.15, 0.2) is 0 Å². The molecule has 0 aromatic carbocycles. The summed E-state index contributed by atoms with van der Waals surface area (Å²) in [4.78, 5) is 39.9. The Balaban J connectivity index is 2.23. The van der Waals surface area contributed by atoms with Gasteiger partial charge in [-0.15, -0.1) is 0 Å². The molecule has 2 rings (SSSR count). The van der Waals surface area contributed by atoms with Gasteiger partial charge in [-0.1, -0.05) is 19.8 Å². The van der Waals surface area contributed by atoms with Crippen molar-refractivity contribution >= 4 is 25.0 Å². The molecular formula is C26H48BN3O6. The molecule has 0 aromatic rings. The summed E-state index contributed by atoms with van der Waals surface area (Å²) in [6.45, 7) is 15.8. The van der Waals surface area contributed by atoms with Crippen LogP contribution in [0.15, 0.2) is 0 Å². The summed E-state index contributed by atoms with van der Waals surface area (Å²) in [5.41, 5.74) is -2.30. The topological polar surface area (TPSA) is 117 Å². The van der Waals surface area contributed by atoms with Crippen molar-refractivity contribution in [2.24, 2.45) is 5.92 Å². The van der Waals surface area contributed by atoms with Gasteiger partial charge < -0.3 is 29.9 Å². The lowest BCUT2D eigenvalue weighted by Gasteiger charge is -2.52. The van der Waals surface area contributed by atoms with Crippen LogP contribution in [0.5, 0.6) is 0 Å². The van der Waals surface area contributed by atoms with E-state index in [1.807, 2.05) is 55.4 Å². The van der Waals surface area contributed by atoms with E-state index in [0.717, 1.165) is 6.42 Å². The number of hydrogen-bond donors (Lipinski definition) is 3. The number of unbranched alkanes of at least 4 members (excludes halogenated alkanes) is 1. The van der Waals surface area contributed by atoms with Crippen LogP contribution < -0.4 is 10.6 Å². The first-order valence-electron chi connectivity index (χ1n) is 13.4. The van der Waals surface area contributed by atoms with Gasteiger partial charge in [0, 0.05) is 25.0 Å². The highest BCUT2D eigenvalue weighted by Gasteiger charge is 2.55. The Morgan fingerprint density at radius 3 is 2.08 bits per heavy atom. The van der Waals surface area contributed by atoms with Crippen LogP contribution in [0.4, 0.5) is 4.79 Å². The number of rotatable bonds is 11. The van der Waals surface area contributed by atoms with Gasteiger partial charge in [0.25, 0.3) is 0 Å². The van der Waals surface area contributed by atoms with Crippen molar-refractivity contribution in [3.63, 3.8) is 0 Å². The third kappa shape index (κ3) is 6.94. The number of carbonyl (C=O) groups is 3. The Kier molecular flexibility index (Phi) is 9.54. The van der Waals surface area contributed by atoms with E-state index in [9.17, 15) is 14.4 Å². The van der Waals surface area contributed by atoms with Gasteiger partial charge in [0.1, 0.15) is 5.54 Å². The van der Waals surface area contributed by atoms with Gasteiger partial charge in [-0.2, -0.15) is 0 Å². The first-order valence-corrected chi connectivity index (χ1v) is 13.4. The van der Waals surface area contributed by atoms with Crippen LogP contribution in [-0.2, 0) is 18.9 Å². The number of likely N-dealkylation sites (N-methyl/N-ethyl adjacent to an activating group) is 1. The molecule has 0 spiro atoms. The lowest BCUT2D eigenvalue weighted by atomic mass is 9.64. The van der Waals surface area contributed by atoms with E-state index < -0.39 is 17.2 Å². The Morgan fingerprint density at radius 1 is 1.06 bits per heavy atom. The van der Waals surface area contributed by atoms with Crippen molar-refractivity contribution in [2.75, 3.05) is 7.05 Å². The summed E-state index contributed by atoms with van der Waals surface area (Å²) in [7, 11) is 1.42. The highest BCUT2D eigenvalue weighted by Crippen LogP contribution is 2.44. The second-order valence-corrected chi connectivity index (χ2v) is 12.6. The minimum absolute atomic E-state index is 0.0674. The number of nitrogens with one attached hydrogen (secondary N) is 2. The zero-order chi connectivity index (χ0) is 27.5. The van der Waals surface area contributed by atoms with Crippen LogP contribution in [0, 0.1) is 5.92 Å². The predicted molar refractivity (Wildman–Crippen MR) is 141 cm³/mol. The molecule has 3 N–H and O–H groups in total. The van der Waals surface area contributed by atoms with E-state index in [2.05, 4.69) is 10.6 Å². The summed E-state index contributed by atoms with van der Waals surface area (Å²) in [6, 6.07) is -0.214. The molecular weight excluding hydrogens is 461 g/mol. The van der Waals surface area contributed by atoms with Crippen LogP contribution >= 0.6 is 0 Å². The largest absolute Gasteiger partial charge is 0.465 e. The molecule has 2 aliphatic rings. The minimum atomic E-state index is -1.07. The van der Waals surface area contributed by atoms with Gasteiger partial charge in [0.05, 0.1) is 11.2 Å². The lowest BCUT2D eigenvalue weighted by Crippen LogP contribution is -2.69. The summed E-state index contributed by atoms with van der Waals surface area (Å²) in [5.74, 6) is -0.377. The second kappa shape index (κ2) is 11.3. The molecule has 3 amide bonds. The Hall–Kier alpha value is -1.81. The van der Waals surface area contributed by atoms with E-state index in [-0.39, 0.29) is 42.1 Å². The summed E-state index contributed by atoms with van der Waals surface area (Å²) in [5, 5.41) is 14.8. The molecule has 0 aromatic heterocycles. The first-order chi connectivity index (χ1) is 16.4. The van der Waals surface area contributed by atoms with E-state index in [1.54, 1.807) is 11.9 Å². The second-order valence-electron chi connectivity index (χ2n) is 12.6. The van der Waals surface area contributed by atoms with Crippen molar-refractivity contribution in [2.45, 2.75) is 135 Å².